The van der Waals surface area contributed by atoms with Crippen LogP contribution in [0.25, 0.3) is 0 Å². The fraction of sp³-hybridized carbons (Fsp3) is 0.889. The van der Waals surface area contributed by atoms with Gasteiger partial charge in [-0.3, -0.25) is 9.59 Å². The third-order valence-corrected chi connectivity index (χ3v) is 21.1. The van der Waals surface area contributed by atoms with E-state index >= 15 is 0 Å². The van der Waals surface area contributed by atoms with Crippen molar-refractivity contribution in [3.8, 4) is 0 Å². The highest BCUT2D eigenvalue weighted by molar-refractivity contribution is 5.95. The van der Waals surface area contributed by atoms with Crippen LogP contribution in [0.15, 0.2) is 23.3 Å². The Morgan fingerprint density at radius 1 is 0.529 bits per heavy atom. The average molecular weight is 961 g/mol. The maximum absolute atomic E-state index is 13.2. The zero-order valence-corrected chi connectivity index (χ0v) is 42.6. The van der Waals surface area contributed by atoms with Gasteiger partial charge in [-0.2, -0.15) is 0 Å². The lowest BCUT2D eigenvalue weighted by Crippen LogP contribution is -2.62. The van der Waals surface area contributed by atoms with E-state index in [1.165, 1.54) is 0 Å². The Morgan fingerprint density at radius 2 is 0.853 bits per heavy atom. The normalized spacial score (nSPS) is 47.2. The molecule has 0 unspecified atom stereocenters. The number of aliphatic hydroxyl groups is 12. The molecule has 0 bridgehead atoms. The molecule has 14 nitrogen and oxygen atoms in total. The van der Waals surface area contributed by atoms with E-state index in [0.717, 1.165) is 0 Å². The highest BCUT2D eigenvalue weighted by Crippen LogP contribution is 2.70. The second-order valence-electron chi connectivity index (χ2n) is 26.4. The number of fused-ring (bicyclic) bond motifs is 10. The average Bonchev–Trinajstić information content (AvgIpc) is 3.68. The zero-order valence-electron chi connectivity index (χ0n) is 42.6. The van der Waals surface area contributed by atoms with Crippen molar-refractivity contribution in [1.29, 1.82) is 0 Å². The molecule has 6 saturated carbocycles. The second-order valence-corrected chi connectivity index (χ2v) is 26.4. The molecule has 0 heterocycles. The lowest BCUT2D eigenvalue weighted by atomic mass is 9.45. The fourth-order valence-electron chi connectivity index (χ4n) is 16.6. The Balaban J connectivity index is 0.000000201. The van der Waals surface area contributed by atoms with Crippen molar-refractivity contribution < 1.29 is 70.9 Å². The van der Waals surface area contributed by atoms with Gasteiger partial charge < -0.3 is 61.3 Å². The van der Waals surface area contributed by atoms with Crippen molar-refractivity contribution in [3.05, 3.63) is 23.3 Å². The van der Waals surface area contributed by atoms with E-state index in [9.17, 15) is 70.9 Å². The summed E-state index contributed by atoms with van der Waals surface area (Å²) >= 11 is 0. The molecule has 6 fully saturated rings. The van der Waals surface area contributed by atoms with E-state index in [4.69, 9.17) is 0 Å². The van der Waals surface area contributed by atoms with Crippen molar-refractivity contribution >= 4 is 11.6 Å². The van der Waals surface area contributed by atoms with Crippen molar-refractivity contribution in [1.82, 2.24) is 0 Å². The van der Waals surface area contributed by atoms with Crippen LogP contribution in [0.3, 0.4) is 0 Å². The van der Waals surface area contributed by atoms with Crippen LogP contribution < -0.4 is 0 Å². The Morgan fingerprint density at radius 3 is 1.16 bits per heavy atom. The predicted molar refractivity (Wildman–Crippen MR) is 253 cm³/mol. The molecule has 12 N–H and O–H groups in total. The minimum atomic E-state index is -1.46. The molecule has 388 valence electrons. The standard InChI is InChI=1S/2C27H44O7/c2*1-23(2,32)9-8-22(31)26(5,33)21-7-11-27(34)16-12-18(28)17-13-19(29)20(30)14-24(17,3)15(16)6-10-25(21,27)4/h2*12,15,17,19-22,29-34H,6-11,13-14H2,1-5H3/t2*15-,17+,19+,20-,21-,22+,24+,25+,26+,27+/m00/s1. The summed E-state index contributed by atoms with van der Waals surface area (Å²) in [6.07, 6.45) is 4.22. The van der Waals surface area contributed by atoms with Crippen LogP contribution in [0.1, 0.15) is 172 Å². The second kappa shape index (κ2) is 17.5. The van der Waals surface area contributed by atoms with Crippen molar-refractivity contribution in [2.45, 2.75) is 242 Å². The third-order valence-electron chi connectivity index (χ3n) is 21.1. The number of ketones is 2. The zero-order chi connectivity index (χ0) is 51.0. The Labute approximate surface area is 404 Å². The Kier molecular flexibility index (Phi) is 13.9. The van der Waals surface area contributed by atoms with E-state index in [1.54, 1.807) is 53.7 Å². The van der Waals surface area contributed by atoms with Crippen LogP contribution in [0, 0.1) is 57.2 Å². The number of hydrogen-bond acceptors (Lipinski definition) is 14. The van der Waals surface area contributed by atoms with Gasteiger partial charge in [0.15, 0.2) is 11.6 Å². The lowest BCUT2D eigenvalue weighted by molar-refractivity contribution is -0.177. The molecule has 8 aliphatic rings. The van der Waals surface area contributed by atoms with E-state index < -0.39 is 91.9 Å². The highest BCUT2D eigenvalue weighted by Gasteiger charge is 2.71. The Hall–Kier alpha value is -1.66. The molecule has 0 aliphatic heterocycles. The minimum Gasteiger partial charge on any atom is -0.390 e. The van der Waals surface area contributed by atoms with Crippen molar-refractivity contribution in [2.75, 3.05) is 0 Å². The van der Waals surface area contributed by atoms with Gasteiger partial charge in [0.2, 0.25) is 0 Å². The van der Waals surface area contributed by atoms with Gasteiger partial charge in [-0.1, -0.05) is 27.7 Å². The van der Waals surface area contributed by atoms with Gasteiger partial charge in [0, 0.05) is 22.7 Å². The maximum atomic E-state index is 13.2. The van der Waals surface area contributed by atoms with Gasteiger partial charge in [-0.05, 0) is 202 Å². The summed E-state index contributed by atoms with van der Waals surface area (Å²) in [6.45, 7) is 17.9. The summed E-state index contributed by atoms with van der Waals surface area (Å²) in [6, 6.07) is 0. The Bertz CT molecular complexity index is 1860. The first-order valence-corrected chi connectivity index (χ1v) is 25.9. The first kappa shape index (κ1) is 54.1. The number of allylic oxidation sites excluding steroid dienone is 2. The SMILES string of the molecule is CC(C)(O)CC[C@@H](O)[C@](C)(O)[C@H]1CC[C@@]2(O)C3=CC(=O)[C@H]4C[C@@H](O)[C@@H](O)C[C@]4(C)[C@H]3CC[C@]12C.CC(C)(O)CC[C@@H](O)[C@](C)(O)[C@H]1CC[C@@]2(O)C3=CC(=O)[C@H]4C[C@@H](O)[C@@H](O)C[C@]4(C)[C@H]3CC[C@]12C. The topological polar surface area (TPSA) is 277 Å². The van der Waals surface area contributed by atoms with E-state index in [-0.39, 0.29) is 72.8 Å². The van der Waals surface area contributed by atoms with Crippen molar-refractivity contribution in [3.63, 3.8) is 0 Å². The minimum absolute atomic E-state index is 0.0840. The molecular formula is C54H88O14. The summed E-state index contributed by atoms with van der Waals surface area (Å²) in [5.74, 6) is -1.90. The monoisotopic (exact) mass is 961 g/mol. The molecular weight excluding hydrogens is 873 g/mol. The molecule has 8 rings (SSSR count). The van der Waals surface area contributed by atoms with Gasteiger partial charge in [-0.15, -0.1) is 0 Å². The van der Waals surface area contributed by atoms with E-state index in [2.05, 4.69) is 0 Å². The number of carbonyl (C=O) groups excluding carboxylic acids is 2. The maximum Gasteiger partial charge on any atom is 0.159 e. The molecule has 0 saturated heterocycles. The summed E-state index contributed by atoms with van der Waals surface area (Å²) in [5, 5.41) is 131. The molecule has 0 amide bonds. The smallest absolute Gasteiger partial charge is 0.159 e. The number of carbonyl (C=O) groups is 2. The molecule has 0 radical (unpaired) electrons. The fourth-order valence-corrected chi connectivity index (χ4v) is 16.6. The molecule has 0 spiro atoms. The molecule has 0 aromatic heterocycles. The molecule has 0 aromatic rings. The number of hydrogen-bond donors (Lipinski definition) is 12. The van der Waals surface area contributed by atoms with Gasteiger partial charge in [0.1, 0.15) is 0 Å². The highest BCUT2D eigenvalue weighted by atomic mass is 16.4. The molecule has 14 heteroatoms. The number of rotatable bonds is 10. The first-order valence-electron chi connectivity index (χ1n) is 25.9. The van der Waals surface area contributed by atoms with Crippen molar-refractivity contribution in [2.24, 2.45) is 57.2 Å². The molecule has 68 heavy (non-hydrogen) atoms. The van der Waals surface area contributed by atoms with Crippen LogP contribution in [0.5, 0.6) is 0 Å². The van der Waals surface area contributed by atoms with Crippen LogP contribution in [-0.4, -0.2) is 143 Å². The van der Waals surface area contributed by atoms with Gasteiger partial charge in [0.25, 0.3) is 0 Å². The third kappa shape index (κ3) is 8.49. The van der Waals surface area contributed by atoms with Gasteiger partial charge in [0.05, 0.1) is 70.2 Å². The van der Waals surface area contributed by atoms with Crippen LogP contribution in [0.2, 0.25) is 0 Å². The molecule has 8 aliphatic carbocycles. The van der Waals surface area contributed by atoms with Crippen LogP contribution in [0.4, 0.5) is 0 Å². The van der Waals surface area contributed by atoms with E-state index in [1.807, 2.05) is 27.7 Å². The first-order chi connectivity index (χ1) is 30.9. The summed E-state index contributed by atoms with van der Waals surface area (Å²) in [5.41, 5.74) is -8.53. The number of aliphatic hydroxyl groups excluding tert-OH is 6. The predicted octanol–water partition coefficient (Wildman–Crippen LogP) is 3.71. The summed E-state index contributed by atoms with van der Waals surface area (Å²) < 4.78 is 0. The lowest BCUT2D eigenvalue weighted by Gasteiger charge is -2.60. The summed E-state index contributed by atoms with van der Waals surface area (Å²) in [4.78, 5) is 26.5. The van der Waals surface area contributed by atoms with Gasteiger partial charge >= 0.3 is 0 Å². The molecule has 20 atom stereocenters. The molecule has 0 aromatic carbocycles. The summed E-state index contributed by atoms with van der Waals surface area (Å²) in [7, 11) is 0. The van der Waals surface area contributed by atoms with Gasteiger partial charge in [-0.25, -0.2) is 0 Å². The van der Waals surface area contributed by atoms with Crippen LogP contribution >= 0.6 is 0 Å². The quantitative estimate of drug-likeness (QED) is 0.149. The van der Waals surface area contributed by atoms with Crippen LogP contribution in [-0.2, 0) is 9.59 Å². The van der Waals surface area contributed by atoms with E-state index in [0.29, 0.717) is 88.2 Å². The largest absolute Gasteiger partial charge is 0.390 e.